The first-order valence-corrected chi connectivity index (χ1v) is 9.50. The maximum Gasteiger partial charge on any atom is 0.170 e. The van der Waals surface area contributed by atoms with Gasteiger partial charge >= 0.3 is 0 Å². The van der Waals surface area contributed by atoms with Crippen LogP contribution in [0.5, 0.6) is 11.5 Å². The Morgan fingerprint density at radius 1 is 1.08 bits per heavy atom. The van der Waals surface area contributed by atoms with E-state index in [2.05, 4.69) is 5.38 Å². The zero-order chi connectivity index (χ0) is 16.9. The highest BCUT2D eigenvalue weighted by Gasteiger charge is 2.14. The Kier molecular flexibility index (Phi) is 5.66. The van der Waals surface area contributed by atoms with Gasteiger partial charge in [0.1, 0.15) is 5.01 Å². The predicted molar refractivity (Wildman–Crippen MR) is 102 cm³/mol. The Bertz CT molecular complexity index is 835. The van der Waals surface area contributed by atoms with Crippen molar-refractivity contribution < 1.29 is 9.47 Å². The second kappa shape index (κ2) is 7.92. The molecule has 0 radical (unpaired) electrons. The van der Waals surface area contributed by atoms with Gasteiger partial charge in [0, 0.05) is 16.0 Å². The van der Waals surface area contributed by atoms with Crippen LogP contribution in [0, 0.1) is 0 Å². The van der Waals surface area contributed by atoms with Crippen molar-refractivity contribution in [2.45, 2.75) is 10.6 Å². The van der Waals surface area contributed by atoms with Crippen molar-refractivity contribution in [2.75, 3.05) is 14.2 Å². The molecular weight excluding hydrogens is 362 g/mol. The second-order valence-corrected chi connectivity index (χ2v) is 7.19. The fraction of sp³-hybridized carbons (Fsp3) is 0.167. The molecule has 0 aliphatic carbocycles. The van der Waals surface area contributed by atoms with Gasteiger partial charge in [0.25, 0.3) is 0 Å². The van der Waals surface area contributed by atoms with E-state index in [1.54, 1.807) is 37.3 Å². The SMILES string of the molecule is COc1cccc(-c2nc(CSc3ccccc3Cl)cs2)c1OC. The monoisotopic (exact) mass is 377 g/mol. The van der Waals surface area contributed by atoms with Gasteiger partial charge in [-0.25, -0.2) is 4.98 Å². The maximum absolute atomic E-state index is 6.20. The van der Waals surface area contributed by atoms with Gasteiger partial charge in [-0.05, 0) is 24.3 Å². The van der Waals surface area contributed by atoms with Crippen molar-refractivity contribution in [1.82, 2.24) is 4.98 Å². The van der Waals surface area contributed by atoms with Gasteiger partial charge in [-0.3, -0.25) is 0 Å². The number of benzene rings is 2. The molecule has 6 heteroatoms. The molecule has 0 fully saturated rings. The highest BCUT2D eigenvalue weighted by molar-refractivity contribution is 7.98. The average molecular weight is 378 g/mol. The van der Waals surface area contributed by atoms with Crippen LogP contribution in [-0.4, -0.2) is 19.2 Å². The highest BCUT2D eigenvalue weighted by atomic mass is 35.5. The van der Waals surface area contributed by atoms with E-state index in [4.69, 9.17) is 26.1 Å². The third kappa shape index (κ3) is 3.69. The summed E-state index contributed by atoms with van der Waals surface area (Å²) in [4.78, 5) is 5.79. The van der Waals surface area contributed by atoms with E-state index in [9.17, 15) is 0 Å². The number of hydrogen-bond acceptors (Lipinski definition) is 5. The molecule has 0 saturated carbocycles. The molecule has 3 aromatic rings. The lowest BCUT2D eigenvalue weighted by Crippen LogP contribution is -1.93. The van der Waals surface area contributed by atoms with Crippen LogP contribution < -0.4 is 9.47 Å². The summed E-state index contributed by atoms with van der Waals surface area (Å²) in [5.41, 5.74) is 1.96. The van der Waals surface area contributed by atoms with E-state index in [1.165, 1.54) is 0 Å². The van der Waals surface area contributed by atoms with Gasteiger partial charge in [0.05, 0.1) is 30.5 Å². The van der Waals surface area contributed by atoms with E-state index in [-0.39, 0.29) is 0 Å². The minimum Gasteiger partial charge on any atom is -0.493 e. The Hall–Kier alpha value is -1.69. The fourth-order valence-electron chi connectivity index (χ4n) is 2.27. The van der Waals surface area contributed by atoms with Crippen molar-refractivity contribution in [3.05, 3.63) is 58.6 Å². The van der Waals surface area contributed by atoms with Crippen LogP contribution in [-0.2, 0) is 5.75 Å². The quantitative estimate of drug-likeness (QED) is 0.510. The number of hydrogen-bond donors (Lipinski definition) is 0. The van der Waals surface area contributed by atoms with Crippen molar-refractivity contribution in [3.63, 3.8) is 0 Å². The third-order valence-corrected chi connectivity index (χ3v) is 5.87. The molecule has 124 valence electrons. The zero-order valence-electron chi connectivity index (χ0n) is 13.3. The molecule has 1 aromatic heterocycles. The predicted octanol–water partition coefficient (Wildman–Crippen LogP) is 5.77. The molecule has 0 atom stereocenters. The molecule has 0 amide bonds. The number of ether oxygens (including phenoxy) is 2. The van der Waals surface area contributed by atoms with Crippen molar-refractivity contribution >= 4 is 34.7 Å². The van der Waals surface area contributed by atoms with Crippen LogP contribution in [0.4, 0.5) is 0 Å². The molecule has 0 unspecified atom stereocenters. The zero-order valence-corrected chi connectivity index (χ0v) is 15.7. The Labute approximate surface area is 154 Å². The maximum atomic E-state index is 6.20. The van der Waals surface area contributed by atoms with Crippen LogP contribution in [0.25, 0.3) is 10.6 Å². The molecule has 0 N–H and O–H groups in total. The first kappa shape index (κ1) is 17.1. The van der Waals surface area contributed by atoms with E-state index in [1.807, 2.05) is 42.5 Å². The van der Waals surface area contributed by atoms with Crippen molar-refractivity contribution in [3.8, 4) is 22.1 Å². The topological polar surface area (TPSA) is 31.4 Å². The number of methoxy groups -OCH3 is 2. The summed E-state index contributed by atoms with van der Waals surface area (Å²) in [6.07, 6.45) is 0. The first-order chi connectivity index (χ1) is 11.7. The van der Waals surface area contributed by atoms with Gasteiger partial charge in [-0.2, -0.15) is 0 Å². The summed E-state index contributed by atoms with van der Waals surface area (Å²) in [7, 11) is 3.28. The Morgan fingerprint density at radius 3 is 2.67 bits per heavy atom. The molecule has 24 heavy (non-hydrogen) atoms. The molecule has 0 aliphatic rings. The van der Waals surface area contributed by atoms with Gasteiger partial charge in [-0.1, -0.05) is 29.8 Å². The molecule has 0 aliphatic heterocycles. The van der Waals surface area contributed by atoms with Gasteiger partial charge < -0.3 is 9.47 Å². The molecule has 1 heterocycles. The molecule has 3 nitrogen and oxygen atoms in total. The van der Waals surface area contributed by atoms with E-state index < -0.39 is 0 Å². The summed E-state index contributed by atoms with van der Waals surface area (Å²) in [6, 6.07) is 13.7. The number of para-hydroxylation sites is 1. The largest absolute Gasteiger partial charge is 0.493 e. The van der Waals surface area contributed by atoms with E-state index in [0.717, 1.165) is 31.9 Å². The summed E-state index contributed by atoms with van der Waals surface area (Å²) in [5.74, 6) is 2.18. The number of halogens is 1. The average Bonchev–Trinajstić information content (AvgIpc) is 3.09. The minimum atomic E-state index is 0.706. The summed E-state index contributed by atoms with van der Waals surface area (Å²) >= 11 is 9.48. The molecular formula is C18H16ClNO2S2. The van der Waals surface area contributed by atoms with Crippen LogP contribution >= 0.6 is 34.7 Å². The fourth-order valence-corrected chi connectivity index (χ4v) is 4.34. The minimum absolute atomic E-state index is 0.706. The van der Waals surface area contributed by atoms with Gasteiger partial charge in [0.15, 0.2) is 11.5 Å². The van der Waals surface area contributed by atoms with Crippen LogP contribution in [0.15, 0.2) is 52.7 Å². The number of thioether (sulfide) groups is 1. The van der Waals surface area contributed by atoms with Crippen LogP contribution in [0.3, 0.4) is 0 Å². The van der Waals surface area contributed by atoms with Crippen LogP contribution in [0.1, 0.15) is 5.69 Å². The van der Waals surface area contributed by atoms with E-state index >= 15 is 0 Å². The second-order valence-electron chi connectivity index (χ2n) is 4.90. The molecule has 0 spiro atoms. The number of aromatic nitrogens is 1. The smallest absolute Gasteiger partial charge is 0.170 e. The first-order valence-electron chi connectivity index (χ1n) is 7.26. The number of rotatable bonds is 6. The Balaban J connectivity index is 1.80. The molecule has 0 saturated heterocycles. The van der Waals surface area contributed by atoms with Crippen molar-refractivity contribution in [1.29, 1.82) is 0 Å². The van der Waals surface area contributed by atoms with Crippen LogP contribution in [0.2, 0.25) is 5.02 Å². The lowest BCUT2D eigenvalue weighted by atomic mass is 10.2. The summed E-state index contributed by atoms with van der Waals surface area (Å²) < 4.78 is 10.9. The molecule has 3 rings (SSSR count). The Morgan fingerprint density at radius 2 is 1.92 bits per heavy atom. The molecule has 2 aromatic carbocycles. The summed E-state index contributed by atoms with van der Waals surface area (Å²) in [6.45, 7) is 0. The third-order valence-electron chi connectivity index (χ3n) is 3.40. The standard InChI is InChI=1S/C18H16ClNO2S2/c1-21-15-8-5-6-13(17(15)22-2)18-20-12(11-24-18)10-23-16-9-4-3-7-14(16)19/h3-9,11H,10H2,1-2H3. The lowest BCUT2D eigenvalue weighted by Gasteiger charge is -2.10. The number of nitrogens with zero attached hydrogens (tertiary/aromatic N) is 1. The molecule has 0 bridgehead atoms. The van der Waals surface area contributed by atoms with Gasteiger partial charge in [-0.15, -0.1) is 23.1 Å². The highest BCUT2D eigenvalue weighted by Crippen LogP contribution is 2.39. The van der Waals surface area contributed by atoms with E-state index in [0.29, 0.717) is 11.5 Å². The van der Waals surface area contributed by atoms with Crippen molar-refractivity contribution in [2.24, 2.45) is 0 Å². The lowest BCUT2D eigenvalue weighted by molar-refractivity contribution is 0.356. The normalized spacial score (nSPS) is 10.6. The van der Waals surface area contributed by atoms with Gasteiger partial charge in [0.2, 0.25) is 0 Å². The number of thiazole rings is 1. The summed E-state index contributed by atoms with van der Waals surface area (Å²) in [5, 5.41) is 3.76.